The summed E-state index contributed by atoms with van der Waals surface area (Å²) >= 11 is 3.27. The molecule has 0 unspecified atom stereocenters. The minimum atomic E-state index is -0.404. The summed E-state index contributed by atoms with van der Waals surface area (Å²) in [5.74, 6) is 0.0903. The molecule has 1 aromatic carbocycles. The third kappa shape index (κ3) is 2.01. The molecule has 1 aromatic rings. The third-order valence-corrected chi connectivity index (χ3v) is 2.20. The van der Waals surface area contributed by atoms with Crippen molar-refractivity contribution in [2.24, 2.45) is 0 Å². The molecular formula is C9H9BrO3. The van der Waals surface area contributed by atoms with Gasteiger partial charge < -0.3 is 9.47 Å². The van der Waals surface area contributed by atoms with Gasteiger partial charge in [-0.25, -0.2) is 4.79 Å². The van der Waals surface area contributed by atoms with Crippen molar-refractivity contribution in [2.45, 2.75) is 0 Å². The Morgan fingerprint density at radius 2 is 2.08 bits per heavy atom. The summed E-state index contributed by atoms with van der Waals surface area (Å²) in [7, 11) is 2.84. The Hall–Kier alpha value is -1.03. The quantitative estimate of drug-likeness (QED) is 0.749. The van der Waals surface area contributed by atoms with E-state index in [2.05, 4.69) is 20.7 Å². The van der Waals surface area contributed by atoms with Gasteiger partial charge in [0.25, 0.3) is 0 Å². The van der Waals surface area contributed by atoms with Crippen molar-refractivity contribution in [1.82, 2.24) is 0 Å². The Morgan fingerprint density at radius 1 is 1.38 bits per heavy atom. The van der Waals surface area contributed by atoms with Crippen LogP contribution < -0.4 is 4.74 Å². The standard InChI is InChI=1S/C9H9BrO3/c1-12-8-6(9(11)13-2)4-3-5-7(8)10/h3-5H,1-2H3. The van der Waals surface area contributed by atoms with Crippen LogP contribution in [0.2, 0.25) is 0 Å². The van der Waals surface area contributed by atoms with Gasteiger partial charge in [0.1, 0.15) is 11.3 Å². The van der Waals surface area contributed by atoms with Crippen LogP contribution in [0.3, 0.4) is 0 Å². The van der Waals surface area contributed by atoms with E-state index >= 15 is 0 Å². The maximum atomic E-state index is 11.2. The van der Waals surface area contributed by atoms with Gasteiger partial charge in [-0.3, -0.25) is 0 Å². The van der Waals surface area contributed by atoms with E-state index in [-0.39, 0.29) is 0 Å². The summed E-state index contributed by atoms with van der Waals surface area (Å²) in [6.07, 6.45) is 0. The van der Waals surface area contributed by atoms with E-state index in [0.29, 0.717) is 11.3 Å². The van der Waals surface area contributed by atoms with Gasteiger partial charge >= 0.3 is 5.97 Å². The van der Waals surface area contributed by atoms with E-state index in [0.717, 1.165) is 4.47 Å². The summed E-state index contributed by atoms with van der Waals surface area (Å²) < 4.78 is 10.4. The molecule has 3 nitrogen and oxygen atoms in total. The largest absolute Gasteiger partial charge is 0.495 e. The summed E-state index contributed by atoms with van der Waals surface area (Å²) in [6.45, 7) is 0. The number of methoxy groups -OCH3 is 2. The van der Waals surface area contributed by atoms with Gasteiger partial charge in [-0.15, -0.1) is 0 Å². The number of carbonyl (C=O) groups excluding carboxylic acids is 1. The molecule has 0 N–H and O–H groups in total. The molecule has 0 fully saturated rings. The Morgan fingerprint density at radius 3 is 2.62 bits per heavy atom. The van der Waals surface area contributed by atoms with Gasteiger partial charge in [0.2, 0.25) is 0 Å². The lowest BCUT2D eigenvalue weighted by Crippen LogP contribution is -2.04. The Bertz CT molecular complexity index is 323. The molecule has 0 bridgehead atoms. The van der Waals surface area contributed by atoms with Crippen molar-refractivity contribution in [1.29, 1.82) is 0 Å². The van der Waals surface area contributed by atoms with Crippen molar-refractivity contribution in [3.05, 3.63) is 28.2 Å². The van der Waals surface area contributed by atoms with E-state index < -0.39 is 5.97 Å². The van der Waals surface area contributed by atoms with Gasteiger partial charge in [0, 0.05) is 0 Å². The van der Waals surface area contributed by atoms with E-state index in [1.165, 1.54) is 14.2 Å². The van der Waals surface area contributed by atoms with E-state index in [4.69, 9.17) is 4.74 Å². The molecule has 0 amide bonds. The van der Waals surface area contributed by atoms with Crippen molar-refractivity contribution in [2.75, 3.05) is 14.2 Å². The minimum Gasteiger partial charge on any atom is -0.495 e. The highest BCUT2D eigenvalue weighted by atomic mass is 79.9. The second kappa shape index (κ2) is 4.28. The van der Waals surface area contributed by atoms with Gasteiger partial charge in [-0.2, -0.15) is 0 Å². The molecule has 0 aliphatic heterocycles. The zero-order valence-corrected chi connectivity index (χ0v) is 8.92. The molecule has 0 atom stereocenters. The fourth-order valence-electron chi connectivity index (χ4n) is 0.987. The van der Waals surface area contributed by atoms with Gasteiger partial charge in [-0.1, -0.05) is 6.07 Å². The van der Waals surface area contributed by atoms with E-state index in [9.17, 15) is 4.79 Å². The number of hydrogen-bond acceptors (Lipinski definition) is 3. The first-order valence-electron chi connectivity index (χ1n) is 3.61. The van der Waals surface area contributed by atoms with Gasteiger partial charge in [-0.05, 0) is 28.1 Å². The zero-order valence-electron chi connectivity index (χ0n) is 7.33. The molecule has 0 heterocycles. The lowest BCUT2D eigenvalue weighted by molar-refractivity contribution is 0.0597. The summed E-state index contributed by atoms with van der Waals surface area (Å²) in [5, 5.41) is 0. The fraction of sp³-hybridized carbons (Fsp3) is 0.222. The van der Waals surface area contributed by atoms with Crippen LogP contribution in [0, 0.1) is 0 Å². The number of benzene rings is 1. The number of carbonyl (C=O) groups is 1. The summed E-state index contributed by atoms with van der Waals surface area (Å²) in [4.78, 5) is 11.2. The highest BCUT2D eigenvalue weighted by molar-refractivity contribution is 9.10. The second-order valence-electron chi connectivity index (χ2n) is 2.31. The lowest BCUT2D eigenvalue weighted by atomic mass is 10.2. The smallest absolute Gasteiger partial charge is 0.341 e. The molecule has 0 aliphatic carbocycles. The van der Waals surface area contributed by atoms with Gasteiger partial charge in [0.05, 0.1) is 18.7 Å². The first kappa shape index (κ1) is 10.1. The van der Waals surface area contributed by atoms with Crippen LogP contribution in [0.15, 0.2) is 22.7 Å². The average molecular weight is 245 g/mol. The predicted molar refractivity (Wildman–Crippen MR) is 52.0 cm³/mol. The number of hydrogen-bond donors (Lipinski definition) is 0. The minimum absolute atomic E-state index is 0.404. The SMILES string of the molecule is COC(=O)c1cccc(Br)c1OC. The number of ether oxygens (including phenoxy) is 2. The van der Waals surface area contributed by atoms with Crippen molar-refractivity contribution < 1.29 is 14.3 Å². The van der Waals surface area contributed by atoms with Gasteiger partial charge in [0.15, 0.2) is 0 Å². The zero-order chi connectivity index (χ0) is 9.84. The summed E-state index contributed by atoms with van der Waals surface area (Å²) in [5.41, 5.74) is 0.416. The van der Waals surface area contributed by atoms with E-state index in [1.807, 2.05) is 0 Å². The Kier molecular flexibility index (Phi) is 3.31. The highest BCUT2D eigenvalue weighted by Crippen LogP contribution is 2.28. The van der Waals surface area contributed by atoms with Crippen LogP contribution in [0.4, 0.5) is 0 Å². The maximum absolute atomic E-state index is 11.2. The van der Waals surface area contributed by atoms with Crippen LogP contribution in [-0.2, 0) is 4.74 Å². The molecule has 0 spiro atoms. The van der Waals surface area contributed by atoms with Crippen LogP contribution in [0.5, 0.6) is 5.75 Å². The van der Waals surface area contributed by atoms with Crippen LogP contribution in [-0.4, -0.2) is 20.2 Å². The first-order valence-corrected chi connectivity index (χ1v) is 4.40. The molecule has 70 valence electrons. The maximum Gasteiger partial charge on any atom is 0.341 e. The molecule has 0 saturated carbocycles. The van der Waals surface area contributed by atoms with Crippen molar-refractivity contribution in [3.63, 3.8) is 0 Å². The lowest BCUT2D eigenvalue weighted by Gasteiger charge is -2.07. The topological polar surface area (TPSA) is 35.5 Å². The average Bonchev–Trinajstić information content (AvgIpc) is 2.16. The summed E-state index contributed by atoms with van der Waals surface area (Å²) in [6, 6.07) is 5.19. The Balaban J connectivity index is 3.20. The molecule has 4 heteroatoms. The molecule has 0 aliphatic rings. The first-order chi connectivity index (χ1) is 6.20. The third-order valence-electron chi connectivity index (χ3n) is 1.58. The number of rotatable bonds is 2. The monoisotopic (exact) mass is 244 g/mol. The normalized spacial score (nSPS) is 9.46. The molecule has 1 rings (SSSR count). The fourth-order valence-corrected chi connectivity index (χ4v) is 1.52. The number of halogens is 1. The van der Waals surface area contributed by atoms with Crippen LogP contribution in [0.1, 0.15) is 10.4 Å². The molecule has 0 saturated heterocycles. The molecular weight excluding hydrogens is 236 g/mol. The van der Waals surface area contributed by atoms with Crippen molar-refractivity contribution in [3.8, 4) is 5.75 Å². The predicted octanol–water partition coefficient (Wildman–Crippen LogP) is 2.24. The van der Waals surface area contributed by atoms with E-state index in [1.54, 1.807) is 18.2 Å². The molecule has 0 aromatic heterocycles. The molecule has 13 heavy (non-hydrogen) atoms. The molecule has 0 radical (unpaired) electrons. The van der Waals surface area contributed by atoms with Crippen LogP contribution >= 0.6 is 15.9 Å². The van der Waals surface area contributed by atoms with Crippen molar-refractivity contribution >= 4 is 21.9 Å². The Labute approximate surface area is 84.8 Å². The number of para-hydroxylation sites is 1. The number of esters is 1. The second-order valence-corrected chi connectivity index (χ2v) is 3.17. The highest BCUT2D eigenvalue weighted by Gasteiger charge is 2.14. The van der Waals surface area contributed by atoms with Crippen LogP contribution in [0.25, 0.3) is 0 Å².